The fourth-order valence-electron chi connectivity index (χ4n) is 1.81. The number of aryl methyl sites for hydroxylation is 1. The molecule has 100 valence electrons. The number of nitrogens with two attached hydrogens (primary N) is 1. The van der Waals surface area contributed by atoms with Gasteiger partial charge >= 0.3 is 0 Å². The minimum Gasteiger partial charge on any atom is -0.397 e. The molecular formula is C15H16ClFN2. The first-order valence-corrected chi connectivity index (χ1v) is 6.54. The average Bonchev–Trinajstić information content (AvgIpc) is 2.42. The van der Waals surface area contributed by atoms with Crippen LogP contribution >= 0.6 is 11.6 Å². The van der Waals surface area contributed by atoms with Crippen LogP contribution in [0.2, 0.25) is 5.02 Å². The zero-order chi connectivity index (χ0) is 13.8. The minimum absolute atomic E-state index is 0.0676. The second-order valence-corrected chi connectivity index (χ2v) is 4.78. The standard InChI is InChI=1S/C15H16ClFN2/c1-2-10-3-5-11(6-4-10)9-19-15-7-12(16)13(17)8-14(15)18/h3-8,19H,2,9,18H2,1H3. The van der Waals surface area contributed by atoms with Gasteiger partial charge in [-0.2, -0.15) is 0 Å². The Hall–Kier alpha value is -1.74. The zero-order valence-electron chi connectivity index (χ0n) is 10.7. The number of hydrogen-bond acceptors (Lipinski definition) is 2. The maximum Gasteiger partial charge on any atom is 0.143 e. The molecule has 0 aliphatic rings. The summed E-state index contributed by atoms with van der Waals surface area (Å²) in [6.07, 6.45) is 1.02. The van der Waals surface area contributed by atoms with Crippen LogP contribution in [0.1, 0.15) is 18.1 Å². The number of rotatable bonds is 4. The van der Waals surface area contributed by atoms with Crippen LogP contribution < -0.4 is 11.1 Å². The normalized spacial score (nSPS) is 10.5. The van der Waals surface area contributed by atoms with Crippen LogP contribution in [-0.2, 0) is 13.0 Å². The van der Waals surface area contributed by atoms with Gasteiger partial charge in [0.05, 0.1) is 16.4 Å². The maximum absolute atomic E-state index is 13.2. The van der Waals surface area contributed by atoms with Crippen molar-refractivity contribution in [2.24, 2.45) is 0 Å². The van der Waals surface area contributed by atoms with Gasteiger partial charge in [0.15, 0.2) is 0 Å². The molecule has 0 heterocycles. The Kier molecular flexibility index (Phi) is 4.27. The minimum atomic E-state index is -0.503. The van der Waals surface area contributed by atoms with Crippen molar-refractivity contribution in [1.82, 2.24) is 0 Å². The fraction of sp³-hybridized carbons (Fsp3) is 0.200. The summed E-state index contributed by atoms with van der Waals surface area (Å²) in [5, 5.41) is 3.23. The van der Waals surface area contributed by atoms with E-state index in [0.717, 1.165) is 12.0 Å². The highest BCUT2D eigenvalue weighted by atomic mass is 35.5. The summed E-state index contributed by atoms with van der Waals surface area (Å²) in [5.74, 6) is -0.503. The molecule has 3 N–H and O–H groups in total. The van der Waals surface area contributed by atoms with E-state index in [-0.39, 0.29) is 5.02 Å². The van der Waals surface area contributed by atoms with E-state index in [1.165, 1.54) is 17.7 Å². The smallest absolute Gasteiger partial charge is 0.143 e. The molecule has 0 aliphatic carbocycles. The molecule has 0 unspecified atom stereocenters. The number of benzene rings is 2. The Balaban J connectivity index is 2.07. The molecule has 0 saturated carbocycles. The summed E-state index contributed by atoms with van der Waals surface area (Å²) in [7, 11) is 0. The third-order valence-corrected chi connectivity index (χ3v) is 3.30. The molecule has 0 spiro atoms. The number of nitrogen functional groups attached to an aromatic ring is 1. The molecule has 2 aromatic rings. The summed E-state index contributed by atoms with van der Waals surface area (Å²) in [6, 6.07) is 11.0. The second kappa shape index (κ2) is 5.93. The lowest BCUT2D eigenvalue weighted by Gasteiger charge is -2.10. The fourth-order valence-corrected chi connectivity index (χ4v) is 1.97. The molecule has 19 heavy (non-hydrogen) atoms. The van der Waals surface area contributed by atoms with Crippen molar-refractivity contribution in [1.29, 1.82) is 0 Å². The second-order valence-electron chi connectivity index (χ2n) is 4.38. The van der Waals surface area contributed by atoms with Crippen molar-refractivity contribution in [3.63, 3.8) is 0 Å². The Bertz CT molecular complexity index is 567. The van der Waals surface area contributed by atoms with Crippen LogP contribution in [-0.4, -0.2) is 0 Å². The van der Waals surface area contributed by atoms with E-state index in [9.17, 15) is 4.39 Å². The number of hydrogen-bond donors (Lipinski definition) is 2. The van der Waals surface area contributed by atoms with Gasteiger partial charge in [-0.05, 0) is 23.6 Å². The van der Waals surface area contributed by atoms with E-state index in [4.69, 9.17) is 17.3 Å². The SMILES string of the molecule is CCc1ccc(CNc2cc(Cl)c(F)cc2N)cc1. The number of anilines is 2. The van der Waals surface area contributed by atoms with E-state index < -0.39 is 5.82 Å². The van der Waals surface area contributed by atoms with E-state index >= 15 is 0 Å². The highest BCUT2D eigenvalue weighted by molar-refractivity contribution is 6.31. The van der Waals surface area contributed by atoms with Gasteiger partial charge < -0.3 is 11.1 Å². The molecule has 2 aromatic carbocycles. The van der Waals surface area contributed by atoms with Crippen LogP contribution in [0.3, 0.4) is 0 Å². The van der Waals surface area contributed by atoms with Crippen molar-refractivity contribution >= 4 is 23.0 Å². The Morgan fingerprint density at radius 1 is 1.16 bits per heavy atom. The van der Waals surface area contributed by atoms with Gasteiger partial charge in [-0.1, -0.05) is 42.8 Å². The summed E-state index contributed by atoms with van der Waals surface area (Å²) in [5.41, 5.74) is 9.17. The predicted octanol–water partition coefficient (Wildman–Crippen LogP) is 4.24. The van der Waals surface area contributed by atoms with Crippen molar-refractivity contribution in [3.05, 3.63) is 58.4 Å². The van der Waals surface area contributed by atoms with Gasteiger partial charge in [0.2, 0.25) is 0 Å². The first kappa shape index (κ1) is 13.7. The summed E-state index contributed by atoms with van der Waals surface area (Å²) in [6.45, 7) is 2.74. The summed E-state index contributed by atoms with van der Waals surface area (Å²) < 4.78 is 13.2. The van der Waals surface area contributed by atoms with E-state index in [1.54, 1.807) is 0 Å². The first-order valence-electron chi connectivity index (χ1n) is 6.16. The Morgan fingerprint density at radius 2 is 1.79 bits per heavy atom. The lowest BCUT2D eigenvalue weighted by molar-refractivity contribution is 0.629. The largest absolute Gasteiger partial charge is 0.397 e. The lowest BCUT2D eigenvalue weighted by atomic mass is 10.1. The van der Waals surface area contributed by atoms with Gasteiger partial charge in [0, 0.05) is 12.6 Å². The van der Waals surface area contributed by atoms with Crippen molar-refractivity contribution < 1.29 is 4.39 Å². The van der Waals surface area contributed by atoms with Crippen LogP contribution in [0.15, 0.2) is 36.4 Å². The van der Waals surface area contributed by atoms with Crippen LogP contribution in [0.25, 0.3) is 0 Å². The predicted molar refractivity (Wildman–Crippen MR) is 79.0 cm³/mol. The van der Waals surface area contributed by atoms with E-state index in [1.807, 2.05) is 0 Å². The average molecular weight is 279 g/mol. The third-order valence-electron chi connectivity index (χ3n) is 3.01. The molecule has 2 nitrogen and oxygen atoms in total. The molecular weight excluding hydrogens is 263 g/mol. The Morgan fingerprint density at radius 3 is 2.42 bits per heavy atom. The quantitative estimate of drug-likeness (QED) is 0.821. The van der Waals surface area contributed by atoms with E-state index in [2.05, 4.69) is 36.5 Å². The zero-order valence-corrected chi connectivity index (χ0v) is 11.5. The molecule has 0 amide bonds. The van der Waals surface area contributed by atoms with Crippen molar-refractivity contribution in [2.75, 3.05) is 11.1 Å². The number of halogens is 2. The molecule has 0 radical (unpaired) electrons. The van der Waals surface area contributed by atoms with Crippen molar-refractivity contribution in [3.8, 4) is 0 Å². The van der Waals surface area contributed by atoms with Gasteiger partial charge in [0.25, 0.3) is 0 Å². The highest BCUT2D eigenvalue weighted by Gasteiger charge is 2.05. The summed E-state index contributed by atoms with van der Waals surface area (Å²) >= 11 is 5.74. The van der Waals surface area contributed by atoms with Gasteiger partial charge in [-0.15, -0.1) is 0 Å². The first-order chi connectivity index (χ1) is 9.10. The van der Waals surface area contributed by atoms with Crippen molar-refractivity contribution in [2.45, 2.75) is 19.9 Å². The highest BCUT2D eigenvalue weighted by Crippen LogP contribution is 2.26. The van der Waals surface area contributed by atoms with E-state index in [0.29, 0.717) is 17.9 Å². The lowest BCUT2D eigenvalue weighted by Crippen LogP contribution is -2.03. The molecule has 0 aliphatic heterocycles. The third kappa shape index (κ3) is 3.38. The molecule has 4 heteroatoms. The van der Waals surface area contributed by atoms with Crippen LogP contribution in [0.5, 0.6) is 0 Å². The van der Waals surface area contributed by atoms with Crippen LogP contribution in [0.4, 0.5) is 15.8 Å². The molecule has 0 bridgehead atoms. The number of nitrogens with one attached hydrogen (secondary N) is 1. The topological polar surface area (TPSA) is 38.0 Å². The molecule has 0 aromatic heterocycles. The maximum atomic E-state index is 13.2. The molecule has 2 rings (SSSR count). The molecule has 0 atom stereocenters. The van der Waals surface area contributed by atoms with Gasteiger partial charge in [-0.25, -0.2) is 4.39 Å². The monoisotopic (exact) mass is 278 g/mol. The van der Waals surface area contributed by atoms with Gasteiger partial charge in [-0.3, -0.25) is 0 Å². The molecule has 0 saturated heterocycles. The Labute approximate surface area is 117 Å². The summed E-state index contributed by atoms with van der Waals surface area (Å²) in [4.78, 5) is 0. The molecule has 0 fully saturated rings. The van der Waals surface area contributed by atoms with Gasteiger partial charge in [0.1, 0.15) is 5.82 Å². The van der Waals surface area contributed by atoms with Crippen LogP contribution in [0, 0.1) is 5.82 Å².